The smallest absolute Gasteiger partial charge is 0.330 e. The van der Waals surface area contributed by atoms with Crippen molar-refractivity contribution in [2.75, 3.05) is 0 Å². The van der Waals surface area contributed by atoms with Gasteiger partial charge in [-0.3, -0.25) is 14.3 Å². The lowest BCUT2D eigenvalue weighted by Gasteiger charge is -2.42. The zero-order valence-corrected chi connectivity index (χ0v) is 19.8. The van der Waals surface area contributed by atoms with Crippen LogP contribution in [0.5, 0.6) is 0 Å². The molecule has 1 aromatic heterocycles. The third-order valence-electron chi connectivity index (χ3n) is 7.03. The molecule has 0 spiro atoms. The van der Waals surface area contributed by atoms with E-state index in [2.05, 4.69) is 4.98 Å². The summed E-state index contributed by atoms with van der Waals surface area (Å²) in [4.78, 5) is 26.6. The Labute approximate surface area is 208 Å². The largest absolute Gasteiger partial charge is 0.390 e. The average Bonchev–Trinajstić information content (AvgIpc) is 3.29. The number of aromatic nitrogens is 2. The number of H-pyrrole nitrogens is 1. The van der Waals surface area contributed by atoms with Gasteiger partial charge in [-0.15, -0.1) is 0 Å². The van der Waals surface area contributed by atoms with Gasteiger partial charge in [-0.25, -0.2) is 4.79 Å². The zero-order valence-electron chi connectivity index (χ0n) is 19.8. The third-order valence-corrected chi connectivity index (χ3v) is 7.03. The van der Waals surface area contributed by atoms with Gasteiger partial charge in [-0.1, -0.05) is 91.0 Å². The summed E-state index contributed by atoms with van der Waals surface area (Å²) in [5.41, 5.74) is 0.699. The highest BCUT2D eigenvalue weighted by atomic mass is 16.5. The molecule has 0 saturated carbocycles. The molecule has 3 N–H and O–H groups in total. The van der Waals surface area contributed by atoms with E-state index in [1.807, 2.05) is 91.0 Å². The zero-order chi connectivity index (χ0) is 25.3. The second-order valence-corrected chi connectivity index (χ2v) is 9.19. The minimum atomic E-state index is -1.22. The Bertz CT molecular complexity index is 1340. The normalized spacial score (nSPS) is 20.8. The van der Waals surface area contributed by atoms with E-state index in [1.54, 1.807) is 6.92 Å². The number of aliphatic hydroxyl groups is 2. The maximum absolute atomic E-state index is 12.5. The standard InChI is InChI=1S/C29H28N2O5/c1-19-18-31(28(35)30-27(19)34)24-17-23(32)25(36-24)26(33)29(20-11-5-2-6-12-20,21-13-7-3-8-14-21)22-15-9-4-10-16-22/h2-16,18,23-26,32-33H,17H2,1H3,(H,30,34,35)/t23-,24+,25-,26+/m0/s1. The highest BCUT2D eigenvalue weighted by Crippen LogP contribution is 2.46. The molecule has 0 amide bonds. The van der Waals surface area contributed by atoms with Gasteiger partial charge in [-0.2, -0.15) is 0 Å². The first kappa shape index (κ1) is 23.9. The van der Waals surface area contributed by atoms with Crippen LogP contribution in [0.4, 0.5) is 0 Å². The predicted molar refractivity (Wildman–Crippen MR) is 136 cm³/mol. The van der Waals surface area contributed by atoms with E-state index in [1.165, 1.54) is 10.8 Å². The van der Waals surface area contributed by atoms with Crippen LogP contribution >= 0.6 is 0 Å². The van der Waals surface area contributed by atoms with Crippen molar-refractivity contribution in [1.82, 2.24) is 9.55 Å². The minimum absolute atomic E-state index is 0.0849. The number of aliphatic hydroxyl groups excluding tert-OH is 2. The van der Waals surface area contributed by atoms with E-state index in [0.29, 0.717) is 5.56 Å². The number of nitrogens with zero attached hydrogens (tertiary/aromatic N) is 1. The number of nitrogens with one attached hydrogen (secondary N) is 1. The van der Waals surface area contributed by atoms with Gasteiger partial charge in [0, 0.05) is 18.2 Å². The molecule has 2 heterocycles. The van der Waals surface area contributed by atoms with Crippen molar-refractivity contribution >= 4 is 0 Å². The maximum atomic E-state index is 12.5. The molecule has 3 aromatic carbocycles. The van der Waals surface area contributed by atoms with Gasteiger partial charge in [0.25, 0.3) is 5.56 Å². The summed E-state index contributed by atoms with van der Waals surface area (Å²) in [7, 11) is 0. The van der Waals surface area contributed by atoms with E-state index >= 15 is 0 Å². The van der Waals surface area contributed by atoms with E-state index in [4.69, 9.17) is 4.74 Å². The quantitative estimate of drug-likeness (QED) is 0.365. The number of hydrogen-bond acceptors (Lipinski definition) is 5. The number of hydrogen-bond donors (Lipinski definition) is 3. The van der Waals surface area contributed by atoms with Gasteiger partial charge >= 0.3 is 5.69 Å². The van der Waals surface area contributed by atoms with Crippen molar-refractivity contribution in [3.8, 4) is 0 Å². The Kier molecular flexibility index (Phi) is 6.45. The Morgan fingerprint density at radius 3 is 1.83 bits per heavy atom. The maximum Gasteiger partial charge on any atom is 0.330 e. The van der Waals surface area contributed by atoms with Gasteiger partial charge in [0.15, 0.2) is 0 Å². The summed E-state index contributed by atoms with van der Waals surface area (Å²) in [6.45, 7) is 1.59. The fourth-order valence-electron chi connectivity index (χ4n) is 5.29. The van der Waals surface area contributed by atoms with Crippen molar-refractivity contribution in [3.63, 3.8) is 0 Å². The Morgan fingerprint density at radius 1 is 0.889 bits per heavy atom. The first-order valence-corrected chi connectivity index (χ1v) is 11.9. The molecule has 1 saturated heterocycles. The van der Waals surface area contributed by atoms with Crippen LogP contribution in [0.15, 0.2) is 107 Å². The summed E-state index contributed by atoms with van der Waals surface area (Å²) in [6.07, 6.45) is -2.63. The van der Waals surface area contributed by atoms with Gasteiger partial charge < -0.3 is 14.9 Å². The molecule has 5 rings (SSSR count). The SMILES string of the molecule is Cc1cn([C@H]2C[C@H](O)[C@@H]([C@@H](O)C(c3ccccc3)(c3ccccc3)c3ccccc3)O2)c(=O)[nH]c1=O. The van der Waals surface area contributed by atoms with E-state index in [-0.39, 0.29) is 6.42 Å². The van der Waals surface area contributed by atoms with Crippen molar-refractivity contribution < 1.29 is 14.9 Å². The van der Waals surface area contributed by atoms with Crippen molar-refractivity contribution in [2.24, 2.45) is 0 Å². The molecule has 1 aliphatic rings. The van der Waals surface area contributed by atoms with Crippen molar-refractivity contribution in [2.45, 2.75) is 43.3 Å². The molecule has 0 aliphatic carbocycles. The monoisotopic (exact) mass is 484 g/mol. The molecule has 184 valence electrons. The Hall–Kier alpha value is -3.78. The highest BCUT2D eigenvalue weighted by Gasteiger charge is 2.52. The molecular weight excluding hydrogens is 456 g/mol. The molecule has 1 fully saturated rings. The van der Waals surface area contributed by atoms with E-state index in [0.717, 1.165) is 16.7 Å². The number of benzene rings is 3. The lowest BCUT2D eigenvalue weighted by Crippen LogP contribution is -2.51. The predicted octanol–water partition coefficient (Wildman–Crippen LogP) is 2.89. The number of aromatic amines is 1. The Morgan fingerprint density at radius 2 is 1.36 bits per heavy atom. The van der Waals surface area contributed by atoms with Crippen LogP contribution in [0.25, 0.3) is 0 Å². The first-order chi connectivity index (χ1) is 17.4. The molecule has 0 unspecified atom stereocenters. The summed E-state index contributed by atoms with van der Waals surface area (Å²) in [5, 5.41) is 23.3. The number of ether oxygens (including phenoxy) is 1. The molecule has 36 heavy (non-hydrogen) atoms. The van der Waals surface area contributed by atoms with Crippen LogP contribution in [-0.4, -0.2) is 38.1 Å². The van der Waals surface area contributed by atoms with Crippen LogP contribution in [0.1, 0.15) is 34.9 Å². The number of aryl methyl sites for hydroxylation is 1. The summed E-state index contributed by atoms with van der Waals surface area (Å²) >= 11 is 0. The average molecular weight is 485 g/mol. The highest BCUT2D eigenvalue weighted by molar-refractivity contribution is 5.52. The lowest BCUT2D eigenvalue weighted by molar-refractivity contribution is -0.0976. The molecule has 7 nitrogen and oxygen atoms in total. The molecular formula is C29H28N2O5. The summed E-state index contributed by atoms with van der Waals surface area (Å²) < 4.78 is 7.47. The molecule has 4 aromatic rings. The molecule has 0 radical (unpaired) electrons. The van der Waals surface area contributed by atoms with Gasteiger partial charge in [0.05, 0.1) is 11.5 Å². The van der Waals surface area contributed by atoms with Crippen LogP contribution in [-0.2, 0) is 10.2 Å². The van der Waals surface area contributed by atoms with Gasteiger partial charge in [-0.05, 0) is 23.6 Å². The third kappa shape index (κ3) is 4.01. The fourth-order valence-corrected chi connectivity index (χ4v) is 5.29. The topological polar surface area (TPSA) is 105 Å². The lowest BCUT2D eigenvalue weighted by atomic mass is 9.64. The van der Waals surface area contributed by atoms with Gasteiger partial charge in [0.1, 0.15) is 18.4 Å². The molecule has 0 bridgehead atoms. The van der Waals surface area contributed by atoms with Crippen molar-refractivity contribution in [1.29, 1.82) is 0 Å². The van der Waals surface area contributed by atoms with Crippen LogP contribution in [0, 0.1) is 6.92 Å². The summed E-state index contributed by atoms with van der Waals surface area (Å²) in [6, 6.07) is 29.0. The second-order valence-electron chi connectivity index (χ2n) is 9.19. The minimum Gasteiger partial charge on any atom is -0.390 e. The van der Waals surface area contributed by atoms with Crippen LogP contribution in [0.3, 0.4) is 0 Å². The molecule has 7 heteroatoms. The molecule has 1 aliphatic heterocycles. The molecule has 4 atom stereocenters. The first-order valence-electron chi connectivity index (χ1n) is 11.9. The van der Waals surface area contributed by atoms with Crippen LogP contribution in [0.2, 0.25) is 0 Å². The van der Waals surface area contributed by atoms with Crippen LogP contribution < -0.4 is 11.2 Å². The van der Waals surface area contributed by atoms with Gasteiger partial charge in [0.2, 0.25) is 0 Å². The summed E-state index contributed by atoms with van der Waals surface area (Å²) in [5.74, 6) is 0. The van der Waals surface area contributed by atoms with E-state index in [9.17, 15) is 19.8 Å². The van der Waals surface area contributed by atoms with Crippen molar-refractivity contribution in [3.05, 3.63) is 140 Å². The Balaban J connectivity index is 1.66. The number of rotatable bonds is 6. The second kappa shape index (κ2) is 9.70. The van der Waals surface area contributed by atoms with E-state index < -0.39 is 41.2 Å². The fraction of sp³-hybridized carbons (Fsp3) is 0.241.